The maximum absolute atomic E-state index is 12.2. The van der Waals surface area contributed by atoms with Gasteiger partial charge in [-0.3, -0.25) is 0 Å². The smallest absolute Gasteiger partial charge is 0.218 e. The Balaban J connectivity index is 2.04. The quantitative estimate of drug-likeness (QED) is 0.894. The molecule has 0 amide bonds. The first kappa shape index (κ1) is 13.5. The van der Waals surface area contributed by atoms with E-state index in [0.717, 1.165) is 12.0 Å². The highest BCUT2D eigenvalue weighted by molar-refractivity contribution is 7.88. The summed E-state index contributed by atoms with van der Waals surface area (Å²) in [4.78, 5) is 0. The van der Waals surface area contributed by atoms with Crippen molar-refractivity contribution < 1.29 is 13.5 Å². The molecule has 0 aliphatic carbocycles. The number of nitrogens with zero attached hydrogens (tertiary/aromatic N) is 1. The number of rotatable bonds is 4. The number of hydrogen-bond donors (Lipinski definition) is 1. The zero-order chi connectivity index (χ0) is 13.2. The molecule has 2 atom stereocenters. The summed E-state index contributed by atoms with van der Waals surface area (Å²) in [6.07, 6.45) is 0.299. The Hall–Kier alpha value is -0.910. The summed E-state index contributed by atoms with van der Waals surface area (Å²) >= 11 is 0. The minimum absolute atomic E-state index is 0.0420. The van der Waals surface area contributed by atoms with Crippen LogP contribution in [0.1, 0.15) is 18.9 Å². The van der Waals surface area contributed by atoms with Crippen LogP contribution in [0.2, 0.25) is 0 Å². The lowest BCUT2D eigenvalue weighted by Gasteiger charge is -2.17. The number of aliphatic hydroxyl groups excluding tert-OH is 1. The van der Waals surface area contributed by atoms with E-state index in [1.165, 1.54) is 4.31 Å². The highest BCUT2D eigenvalue weighted by atomic mass is 32.2. The van der Waals surface area contributed by atoms with Gasteiger partial charge in [-0.05, 0) is 24.8 Å². The topological polar surface area (TPSA) is 57.6 Å². The molecule has 0 spiro atoms. The third-order valence-corrected chi connectivity index (χ3v) is 5.27. The summed E-state index contributed by atoms with van der Waals surface area (Å²) < 4.78 is 25.9. The van der Waals surface area contributed by atoms with Gasteiger partial charge in [-0.25, -0.2) is 12.7 Å². The summed E-state index contributed by atoms with van der Waals surface area (Å²) in [7, 11) is -3.26. The van der Waals surface area contributed by atoms with Gasteiger partial charge in [-0.2, -0.15) is 0 Å². The normalized spacial score (nSPS) is 23.1. The van der Waals surface area contributed by atoms with Crippen LogP contribution in [0.3, 0.4) is 0 Å². The summed E-state index contributed by atoms with van der Waals surface area (Å²) in [5.74, 6) is 0.107. The maximum Gasteiger partial charge on any atom is 0.218 e. The van der Waals surface area contributed by atoms with E-state index in [1.54, 1.807) is 6.92 Å². The molecule has 18 heavy (non-hydrogen) atoms. The third kappa shape index (κ3) is 3.10. The number of aliphatic hydroxyl groups is 1. The van der Waals surface area contributed by atoms with Crippen molar-refractivity contribution in [2.24, 2.45) is 5.92 Å². The second-order valence-corrected chi connectivity index (χ2v) is 6.86. The SMILES string of the molecule is CC(O)C1CCN(S(=O)(=O)Cc2ccccc2)C1. The van der Waals surface area contributed by atoms with Gasteiger partial charge in [0.1, 0.15) is 0 Å². The van der Waals surface area contributed by atoms with Crippen molar-refractivity contribution in [3.05, 3.63) is 35.9 Å². The molecule has 0 radical (unpaired) electrons. The van der Waals surface area contributed by atoms with Gasteiger partial charge in [-0.15, -0.1) is 0 Å². The number of hydrogen-bond acceptors (Lipinski definition) is 3. The molecule has 0 aromatic heterocycles. The molecule has 1 fully saturated rings. The largest absolute Gasteiger partial charge is 0.393 e. The van der Waals surface area contributed by atoms with Gasteiger partial charge < -0.3 is 5.11 Å². The Bertz CT molecular complexity index is 484. The first-order chi connectivity index (χ1) is 8.49. The lowest BCUT2D eigenvalue weighted by molar-refractivity contribution is 0.133. The van der Waals surface area contributed by atoms with Gasteiger partial charge in [0, 0.05) is 13.1 Å². The van der Waals surface area contributed by atoms with E-state index >= 15 is 0 Å². The van der Waals surface area contributed by atoms with Crippen LogP contribution in [0.15, 0.2) is 30.3 Å². The molecule has 2 unspecified atom stereocenters. The molecule has 0 saturated carbocycles. The maximum atomic E-state index is 12.2. The molecule has 2 rings (SSSR count). The minimum Gasteiger partial charge on any atom is -0.393 e. The Morgan fingerprint density at radius 1 is 1.39 bits per heavy atom. The first-order valence-electron chi connectivity index (χ1n) is 6.19. The average Bonchev–Trinajstić information content (AvgIpc) is 2.79. The lowest BCUT2D eigenvalue weighted by atomic mass is 10.0. The van der Waals surface area contributed by atoms with E-state index in [9.17, 15) is 13.5 Å². The second-order valence-electron chi connectivity index (χ2n) is 4.89. The fraction of sp³-hybridized carbons (Fsp3) is 0.538. The Labute approximate surface area is 108 Å². The van der Waals surface area contributed by atoms with E-state index in [1.807, 2.05) is 30.3 Å². The Morgan fingerprint density at radius 2 is 2.06 bits per heavy atom. The predicted molar refractivity (Wildman–Crippen MR) is 70.4 cm³/mol. The van der Waals surface area contributed by atoms with Crippen LogP contribution in [-0.2, 0) is 15.8 Å². The van der Waals surface area contributed by atoms with Crippen LogP contribution in [0.25, 0.3) is 0 Å². The standard InChI is InChI=1S/C13H19NO3S/c1-11(15)13-7-8-14(9-13)18(16,17)10-12-5-3-2-4-6-12/h2-6,11,13,15H,7-10H2,1H3. The summed E-state index contributed by atoms with van der Waals surface area (Å²) in [5.41, 5.74) is 0.804. The monoisotopic (exact) mass is 269 g/mol. The molecule has 1 saturated heterocycles. The molecular formula is C13H19NO3S. The molecule has 5 heteroatoms. The van der Waals surface area contributed by atoms with Crippen LogP contribution in [0.4, 0.5) is 0 Å². The highest BCUT2D eigenvalue weighted by Gasteiger charge is 2.33. The average molecular weight is 269 g/mol. The molecule has 1 aromatic rings. The fourth-order valence-corrected chi connectivity index (χ4v) is 3.87. The molecule has 1 N–H and O–H groups in total. The molecule has 1 heterocycles. The molecule has 4 nitrogen and oxygen atoms in total. The first-order valence-corrected chi connectivity index (χ1v) is 7.80. The van der Waals surface area contributed by atoms with Crippen LogP contribution in [0, 0.1) is 5.92 Å². The van der Waals surface area contributed by atoms with Crippen molar-refractivity contribution in [3.8, 4) is 0 Å². The van der Waals surface area contributed by atoms with E-state index in [4.69, 9.17) is 0 Å². The van der Waals surface area contributed by atoms with Crippen LogP contribution in [0.5, 0.6) is 0 Å². The van der Waals surface area contributed by atoms with Gasteiger partial charge in [0.05, 0.1) is 11.9 Å². The molecule has 1 aliphatic rings. The van der Waals surface area contributed by atoms with Gasteiger partial charge in [0.2, 0.25) is 10.0 Å². The Kier molecular flexibility index (Phi) is 4.04. The van der Waals surface area contributed by atoms with Crippen molar-refractivity contribution in [2.45, 2.75) is 25.2 Å². The van der Waals surface area contributed by atoms with E-state index in [2.05, 4.69) is 0 Å². The van der Waals surface area contributed by atoms with Crippen molar-refractivity contribution in [2.75, 3.05) is 13.1 Å². The van der Waals surface area contributed by atoms with E-state index < -0.39 is 16.1 Å². The van der Waals surface area contributed by atoms with E-state index in [0.29, 0.717) is 13.1 Å². The molecule has 0 bridgehead atoms. The minimum atomic E-state index is -3.26. The van der Waals surface area contributed by atoms with Gasteiger partial charge in [-0.1, -0.05) is 30.3 Å². The Morgan fingerprint density at radius 3 is 2.61 bits per heavy atom. The highest BCUT2D eigenvalue weighted by Crippen LogP contribution is 2.24. The van der Waals surface area contributed by atoms with Crippen LogP contribution < -0.4 is 0 Å². The summed E-state index contributed by atoms with van der Waals surface area (Å²) in [6, 6.07) is 9.19. The second kappa shape index (κ2) is 5.38. The molecule has 1 aromatic carbocycles. The molecule has 100 valence electrons. The lowest BCUT2D eigenvalue weighted by Crippen LogP contribution is -2.31. The van der Waals surface area contributed by atoms with Crippen LogP contribution >= 0.6 is 0 Å². The number of sulfonamides is 1. The summed E-state index contributed by atoms with van der Waals surface area (Å²) in [6.45, 7) is 2.68. The number of benzene rings is 1. The van der Waals surface area contributed by atoms with Gasteiger partial charge in [0.15, 0.2) is 0 Å². The molecule has 1 aliphatic heterocycles. The van der Waals surface area contributed by atoms with E-state index in [-0.39, 0.29) is 11.7 Å². The fourth-order valence-electron chi connectivity index (χ4n) is 2.28. The zero-order valence-electron chi connectivity index (χ0n) is 10.5. The van der Waals surface area contributed by atoms with Crippen LogP contribution in [-0.4, -0.2) is 37.0 Å². The van der Waals surface area contributed by atoms with Gasteiger partial charge >= 0.3 is 0 Å². The molecular weight excluding hydrogens is 250 g/mol. The third-order valence-electron chi connectivity index (χ3n) is 3.45. The van der Waals surface area contributed by atoms with Gasteiger partial charge in [0.25, 0.3) is 0 Å². The van der Waals surface area contributed by atoms with Crippen molar-refractivity contribution in [1.82, 2.24) is 4.31 Å². The summed E-state index contributed by atoms with van der Waals surface area (Å²) in [5, 5.41) is 9.50. The van der Waals surface area contributed by atoms with Crippen molar-refractivity contribution in [1.29, 1.82) is 0 Å². The predicted octanol–water partition coefficient (Wildman–Crippen LogP) is 1.22. The van der Waals surface area contributed by atoms with Crippen molar-refractivity contribution >= 4 is 10.0 Å². The zero-order valence-corrected chi connectivity index (χ0v) is 11.3. The van der Waals surface area contributed by atoms with Crippen molar-refractivity contribution in [3.63, 3.8) is 0 Å².